The maximum Gasteiger partial charge on any atom is 0.328 e. The first-order chi connectivity index (χ1) is 11.5. The number of rotatable bonds is 4. The quantitative estimate of drug-likeness (QED) is 0.837. The third-order valence-electron chi connectivity index (χ3n) is 5.31. The number of nitrogens with zero attached hydrogens (tertiary/aromatic N) is 2. The van der Waals surface area contributed by atoms with Crippen molar-refractivity contribution in [1.29, 1.82) is 0 Å². The number of H-pyrrole nitrogens is 1. The van der Waals surface area contributed by atoms with E-state index in [0.717, 1.165) is 19.5 Å². The molecule has 1 amide bonds. The number of likely N-dealkylation sites (tertiary alicyclic amines) is 1. The summed E-state index contributed by atoms with van der Waals surface area (Å²) in [5, 5.41) is 2.85. The van der Waals surface area contributed by atoms with Crippen molar-refractivity contribution in [2.75, 3.05) is 19.6 Å². The number of aromatic nitrogens is 2. The van der Waals surface area contributed by atoms with Gasteiger partial charge in [0.1, 0.15) is 5.56 Å². The fraction of sp³-hybridized carbons (Fsp3) is 0.706. The van der Waals surface area contributed by atoms with Crippen LogP contribution >= 0.6 is 0 Å². The number of nitrogens with one attached hydrogen (secondary N) is 2. The number of hydrogen-bond donors (Lipinski definition) is 2. The number of carbonyl (C=O) groups is 1. The number of hydrogen-bond acceptors (Lipinski definition) is 4. The molecule has 7 heteroatoms. The van der Waals surface area contributed by atoms with E-state index < -0.39 is 17.2 Å². The highest BCUT2D eigenvalue weighted by atomic mass is 16.2. The number of aromatic amines is 1. The van der Waals surface area contributed by atoms with Crippen molar-refractivity contribution in [3.8, 4) is 0 Å². The normalized spacial score (nSPS) is 22.6. The van der Waals surface area contributed by atoms with Gasteiger partial charge >= 0.3 is 5.69 Å². The summed E-state index contributed by atoms with van der Waals surface area (Å²) in [6.45, 7) is 2.70. The first-order valence-corrected chi connectivity index (χ1v) is 8.87. The summed E-state index contributed by atoms with van der Waals surface area (Å²) in [7, 11) is 1.51. The van der Waals surface area contributed by atoms with Crippen LogP contribution in [0.2, 0.25) is 0 Å². The summed E-state index contributed by atoms with van der Waals surface area (Å²) in [4.78, 5) is 40.0. The topological polar surface area (TPSA) is 87.2 Å². The van der Waals surface area contributed by atoms with E-state index in [1.165, 1.54) is 49.9 Å². The van der Waals surface area contributed by atoms with Crippen LogP contribution in [0, 0.1) is 5.92 Å². The monoisotopic (exact) mass is 334 g/mol. The first kappa shape index (κ1) is 17.0. The summed E-state index contributed by atoms with van der Waals surface area (Å²) in [6, 6.07) is 0.714. The van der Waals surface area contributed by atoms with Gasteiger partial charge in [-0.15, -0.1) is 0 Å². The molecule has 7 nitrogen and oxygen atoms in total. The predicted octanol–water partition coefficient (Wildman–Crippen LogP) is 0.458. The van der Waals surface area contributed by atoms with Crippen LogP contribution in [0.1, 0.15) is 48.9 Å². The van der Waals surface area contributed by atoms with E-state index in [-0.39, 0.29) is 5.56 Å². The first-order valence-electron chi connectivity index (χ1n) is 8.87. The van der Waals surface area contributed by atoms with E-state index in [2.05, 4.69) is 15.2 Å². The van der Waals surface area contributed by atoms with E-state index >= 15 is 0 Å². The highest BCUT2D eigenvalue weighted by Crippen LogP contribution is 2.27. The van der Waals surface area contributed by atoms with Crippen LogP contribution in [-0.2, 0) is 7.05 Å². The van der Waals surface area contributed by atoms with E-state index in [1.54, 1.807) is 0 Å². The average Bonchev–Trinajstić information content (AvgIpc) is 3.06. The largest absolute Gasteiger partial charge is 0.351 e. The van der Waals surface area contributed by atoms with Crippen molar-refractivity contribution < 1.29 is 4.79 Å². The van der Waals surface area contributed by atoms with Crippen molar-refractivity contribution in [3.05, 3.63) is 32.6 Å². The molecule has 0 spiro atoms. The molecule has 0 aromatic carbocycles. The molecule has 1 aromatic rings. The fourth-order valence-corrected chi connectivity index (χ4v) is 3.86. The highest BCUT2D eigenvalue weighted by Gasteiger charge is 2.29. The maximum atomic E-state index is 12.2. The molecule has 132 valence electrons. The fourth-order valence-electron chi connectivity index (χ4n) is 3.86. The van der Waals surface area contributed by atoms with Crippen LogP contribution in [-0.4, -0.2) is 46.0 Å². The molecule has 1 saturated heterocycles. The zero-order chi connectivity index (χ0) is 17.1. The van der Waals surface area contributed by atoms with E-state index in [1.807, 2.05) is 0 Å². The van der Waals surface area contributed by atoms with E-state index in [9.17, 15) is 14.4 Å². The molecule has 1 atom stereocenters. The third kappa shape index (κ3) is 3.77. The Bertz CT molecular complexity index is 703. The van der Waals surface area contributed by atoms with Gasteiger partial charge in [-0.25, -0.2) is 4.79 Å². The molecule has 0 radical (unpaired) electrons. The minimum atomic E-state index is -0.633. The Balaban J connectivity index is 1.53. The molecule has 2 fully saturated rings. The lowest BCUT2D eigenvalue weighted by Gasteiger charge is -2.31. The minimum absolute atomic E-state index is 0.0146. The van der Waals surface area contributed by atoms with Crippen molar-refractivity contribution >= 4 is 5.91 Å². The third-order valence-corrected chi connectivity index (χ3v) is 5.31. The molecule has 24 heavy (non-hydrogen) atoms. The van der Waals surface area contributed by atoms with E-state index in [0.29, 0.717) is 18.5 Å². The molecule has 2 N–H and O–H groups in total. The van der Waals surface area contributed by atoms with Crippen molar-refractivity contribution in [3.63, 3.8) is 0 Å². The van der Waals surface area contributed by atoms with Crippen molar-refractivity contribution in [1.82, 2.24) is 19.8 Å². The molecular formula is C17H26N4O3. The van der Waals surface area contributed by atoms with Gasteiger partial charge in [-0.2, -0.15) is 0 Å². The second kappa shape index (κ2) is 7.34. The molecule has 0 bridgehead atoms. The van der Waals surface area contributed by atoms with E-state index in [4.69, 9.17) is 0 Å². The number of amides is 1. The number of aryl methyl sites for hydroxylation is 1. The Kier molecular flexibility index (Phi) is 5.18. The SMILES string of the molecule is Cn1cc(C(=O)NC[C@H]2CCN(C3CCCCC3)C2)c(=O)[nH]c1=O. The summed E-state index contributed by atoms with van der Waals surface area (Å²) in [6.07, 6.45) is 8.99. The minimum Gasteiger partial charge on any atom is -0.351 e. The zero-order valence-electron chi connectivity index (χ0n) is 14.2. The Morgan fingerprint density at radius 2 is 2.00 bits per heavy atom. The van der Waals surface area contributed by atoms with Crippen LogP contribution in [0.4, 0.5) is 0 Å². The zero-order valence-corrected chi connectivity index (χ0v) is 14.2. The summed E-state index contributed by atoms with van der Waals surface area (Å²) in [5.41, 5.74) is -1.17. The Hall–Kier alpha value is -1.89. The van der Waals surface area contributed by atoms with Crippen LogP contribution < -0.4 is 16.6 Å². The van der Waals surface area contributed by atoms with Crippen LogP contribution in [0.3, 0.4) is 0 Å². The lowest BCUT2D eigenvalue weighted by Crippen LogP contribution is -2.39. The van der Waals surface area contributed by atoms with Crippen LogP contribution in [0.15, 0.2) is 15.8 Å². The summed E-state index contributed by atoms with van der Waals surface area (Å²) < 4.78 is 1.21. The van der Waals surface area contributed by atoms with Gasteiger partial charge in [0, 0.05) is 32.4 Å². The highest BCUT2D eigenvalue weighted by molar-refractivity contribution is 5.93. The van der Waals surface area contributed by atoms with Gasteiger partial charge in [-0.1, -0.05) is 19.3 Å². The number of carbonyl (C=O) groups excluding carboxylic acids is 1. The molecule has 2 heterocycles. The van der Waals surface area contributed by atoms with Crippen molar-refractivity contribution in [2.24, 2.45) is 13.0 Å². The second-order valence-electron chi connectivity index (χ2n) is 7.06. The Morgan fingerprint density at radius 3 is 2.75 bits per heavy atom. The molecule has 1 saturated carbocycles. The van der Waals surface area contributed by atoms with Gasteiger partial charge < -0.3 is 14.8 Å². The molecule has 1 aromatic heterocycles. The van der Waals surface area contributed by atoms with Gasteiger partial charge in [-0.3, -0.25) is 14.6 Å². The van der Waals surface area contributed by atoms with Gasteiger partial charge in [0.15, 0.2) is 0 Å². The molecule has 0 unspecified atom stereocenters. The predicted molar refractivity (Wildman–Crippen MR) is 91.2 cm³/mol. The Morgan fingerprint density at radius 1 is 1.25 bits per heavy atom. The smallest absolute Gasteiger partial charge is 0.328 e. The molecule has 2 aliphatic rings. The summed E-state index contributed by atoms with van der Waals surface area (Å²) >= 11 is 0. The Labute approximate surface area is 141 Å². The molecular weight excluding hydrogens is 308 g/mol. The van der Waals surface area contributed by atoms with Gasteiger partial charge in [0.2, 0.25) is 0 Å². The van der Waals surface area contributed by atoms with Crippen molar-refractivity contribution in [2.45, 2.75) is 44.6 Å². The van der Waals surface area contributed by atoms with Gasteiger partial charge in [-0.05, 0) is 31.7 Å². The average molecular weight is 334 g/mol. The lowest BCUT2D eigenvalue weighted by molar-refractivity contribution is 0.0944. The standard InChI is InChI=1S/C17H26N4O3/c1-20-11-14(16(23)19-17(20)24)15(22)18-9-12-7-8-21(10-12)13-5-3-2-4-6-13/h11-13H,2-10H2,1H3,(H,18,22)(H,19,23,24)/t12-/m1/s1. The van der Waals surface area contributed by atoms with Gasteiger partial charge in [0.25, 0.3) is 11.5 Å². The maximum absolute atomic E-state index is 12.2. The second-order valence-corrected chi connectivity index (χ2v) is 7.06. The molecule has 1 aliphatic carbocycles. The molecule has 1 aliphatic heterocycles. The van der Waals surface area contributed by atoms with Crippen LogP contribution in [0.5, 0.6) is 0 Å². The van der Waals surface area contributed by atoms with Crippen LogP contribution in [0.25, 0.3) is 0 Å². The van der Waals surface area contributed by atoms with Gasteiger partial charge in [0.05, 0.1) is 0 Å². The lowest BCUT2D eigenvalue weighted by atomic mass is 9.94. The molecule has 3 rings (SSSR count). The summed E-state index contributed by atoms with van der Waals surface area (Å²) in [5.74, 6) is 0.0189.